The second kappa shape index (κ2) is 9.43. The summed E-state index contributed by atoms with van der Waals surface area (Å²) in [5.74, 6) is -0.127. The Bertz CT molecular complexity index is 1440. The lowest BCUT2D eigenvalue weighted by Crippen LogP contribution is -2.52. The molecule has 2 aliphatic heterocycles. The summed E-state index contributed by atoms with van der Waals surface area (Å²) in [7, 11) is 1.61. The zero-order valence-electron chi connectivity index (χ0n) is 20.6. The summed E-state index contributed by atoms with van der Waals surface area (Å²) in [6, 6.07) is 7.61. The number of methoxy groups -OCH3 is 1. The van der Waals surface area contributed by atoms with Crippen molar-refractivity contribution < 1.29 is 23.9 Å². The van der Waals surface area contributed by atoms with Crippen LogP contribution in [-0.2, 0) is 21.7 Å². The van der Waals surface area contributed by atoms with Crippen LogP contribution < -0.4 is 20.7 Å². The number of hydrogen-bond acceptors (Lipinski definition) is 8. The Morgan fingerprint density at radius 3 is 2.78 bits per heavy atom. The van der Waals surface area contributed by atoms with Crippen LogP contribution in [0.25, 0.3) is 10.2 Å². The van der Waals surface area contributed by atoms with Gasteiger partial charge >= 0.3 is 6.03 Å². The summed E-state index contributed by atoms with van der Waals surface area (Å²) in [5.41, 5.74) is 0.939. The molecule has 0 spiro atoms. The van der Waals surface area contributed by atoms with Gasteiger partial charge in [-0.3, -0.25) is 25.0 Å². The zero-order chi connectivity index (χ0) is 26.3. The number of nitrogens with zero attached hydrogens (tertiary/aromatic N) is 3. The Labute approximate surface area is 216 Å². The first-order valence-corrected chi connectivity index (χ1v) is 12.7. The number of pyridine rings is 1. The maximum Gasteiger partial charge on any atom is 0.321 e. The molecule has 2 aliphatic rings. The van der Waals surface area contributed by atoms with Gasteiger partial charge in [-0.2, -0.15) is 0 Å². The normalized spacial score (nSPS) is 18.8. The van der Waals surface area contributed by atoms with E-state index in [2.05, 4.69) is 20.9 Å². The molecule has 1 fully saturated rings. The molecular formula is C25H26N6O5S. The van der Waals surface area contributed by atoms with Gasteiger partial charge in [-0.1, -0.05) is 6.92 Å². The third-order valence-electron chi connectivity index (χ3n) is 6.78. The van der Waals surface area contributed by atoms with E-state index in [-0.39, 0.29) is 37.0 Å². The zero-order valence-corrected chi connectivity index (χ0v) is 21.4. The molecule has 3 N–H and O–H groups in total. The number of anilines is 1. The van der Waals surface area contributed by atoms with Gasteiger partial charge in [0.25, 0.3) is 5.91 Å². The molecule has 1 aromatic carbocycles. The summed E-state index contributed by atoms with van der Waals surface area (Å²) in [6.45, 7) is 4.00. The molecule has 12 heteroatoms. The van der Waals surface area contributed by atoms with Crippen molar-refractivity contribution in [1.82, 2.24) is 25.5 Å². The van der Waals surface area contributed by atoms with E-state index < -0.39 is 23.5 Å². The lowest BCUT2D eigenvalue weighted by molar-refractivity contribution is -0.136. The third-order valence-corrected chi connectivity index (χ3v) is 8.06. The molecular weight excluding hydrogens is 496 g/mol. The molecule has 0 aliphatic carbocycles. The van der Waals surface area contributed by atoms with Gasteiger partial charge in [-0.25, -0.2) is 14.8 Å². The van der Waals surface area contributed by atoms with Crippen LogP contribution in [0.5, 0.6) is 5.75 Å². The van der Waals surface area contributed by atoms with Crippen LogP contribution in [0.1, 0.15) is 54.2 Å². The first-order chi connectivity index (χ1) is 17.7. The third kappa shape index (κ3) is 4.59. The topological polar surface area (TPSA) is 143 Å². The summed E-state index contributed by atoms with van der Waals surface area (Å²) < 4.78 is 6.26. The predicted octanol–water partition coefficient (Wildman–Crippen LogP) is 2.91. The Morgan fingerprint density at radius 1 is 1.24 bits per heavy atom. The van der Waals surface area contributed by atoms with E-state index in [0.29, 0.717) is 17.7 Å². The summed E-state index contributed by atoms with van der Waals surface area (Å²) in [6.07, 6.45) is 1.05. The number of carbonyl (C=O) groups is 4. The van der Waals surface area contributed by atoms with Crippen LogP contribution in [0.3, 0.4) is 0 Å². The highest BCUT2D eigenvalue weighted by molar-refractivity contribution is 7.18. The lowest BCUT2D eigenvalue weighted by atomic mass is 10.0. The molecule has 2 unspecified atom stereocenters. The van der Waals surface area contributed by atoms with Crippen molar-refractivity contribution in [2.45, 2.75) is 51.2 Å². The van der Waals surface area contributed by atoms with Crippen molar-refractivity contribution in [3.63, 3.8) is 0 Å². The van der Waals surface area contributed by atoms with Gasteiger partial charge in [-0.05, 0) is 50.1 Å². The minimum absolute atomic E-state index is 0.124. The standard InChI is InChI=1S/C25H26N6O5S/c1-4-25(2,23-27-15-7-5-13(36-3)11-18(15)37-23)30-24(35)28-19-9-6-14-16(26-19)12-31(22(14)34)17-8-10-20(32)29-21(17)33/h5-7,9,11,17H,4,8,10,12H2,1-3H3,(H,29,32,33)(H2,26,28,30,35). The number of fused-ring (bicyclic) bond motifs is 2. The van der Waals surface area contributed by atoms with Crippen LogP contribution >= 0.6 is 11.3 Å². The summed E-state index contributed by atoms with van der Waals surface area (Å²) >= 11 is 1.49. The Kier molecular flexibility index (Phi) is 6.28. The number of piperidine rings is 1. The predicted molar refractivity (Wildman–Crippen MR) is 136 cm³/mol. The van der Waals surface area contributed by atoms with Gasteiger partial charge in [0.1, 0.15) is 22.6 Å². The summed E-state index contributed by atoms with van der Waals surface area (Å²) in [5, 5.41) is 8.80. The Hall–Kier alpha value is -4.06. The monoisotopic (exact) mass is 522 g/mol. The van der Waals surface area contributed by atoms with Crippen LogP contribution in [0.15, 0.2) is 30.3 Å². The molecule has 2 aromatic heterocycles. The summed E-state index contributed by atoms with van der Waals surface area (Å²) in [4.78, 5) is 60.1. The van der Waals surface area contributed by atoms with Crippen molar-refractivity contribution in [2.75, 3.05) is 12.4 Å². The van der Waals surface area contributed by atoms with E-state index in [9.17, 15) is 19.2 Å². The lowest BCUT2D eigenvalue weighted by Gasteiger charge is -2.29. The van der Waals surface area contributed by atoms with E-state index in [1.54, 1.807) is 19.2 Å². The largest absolute Gasteiger partial charge is 0.497 e. The minimum atomic E-state index is -0.726. The number of benzene rings is 1. The average molecular weight is 523 g/mol. The number of aromatic nitrogens is 2. The van der Waals surface area contributed by atoms with Crippen LogP contribution in [0.4, 0.5) is 10.6 Å². The molecule has 3 aromatic rings. The SMILES string of the molecule is CCC(C)(NC(=O)Nc1ccc2c(n1)CN(C1CCC(=O)NC1=O)C2=O)c1nc2ccc(OC)cc2s1. The smallest absolute Gasteiger partial charge is 0.321 e. The first-order valence-electron chi connectivity index (χ1n) is 11.9. The maximum atomic E-state index is 13.0. The molecule has 37 heavy (non-hydrogen) atoms. The molecule has 4 heterocycles. The average Bonchev–Trinajstić information content (AvgIpc) is 3.44. The molecule has 192 valence electrons. The molecule has 0 bridgehead atoms. The van der Waals surface area contributed by atoms with Gasteiger partial charge in [0.2, 0.25) is 11.8 Å². The van der Waals surface area contributed by atoms with Crippen molar-refractivity contribution in [3.8, 4) is 5.75 Å². The second-order valence-corrected chi connectivity index (χ2v) is 10.2. The highest BCUT2D eigenvalue weighted by Gasteiger charge is 2.40. The number of ether oxygens (including phenoxy) is 1. The van der Waals surface area contributed by atoms with Crippen molar-refractivity contribution in [3.05, 3.63) is 46.6 Å². The Morgan fingerprint density at radius 2 is 2.05 bits per heavy atom. The minimum Gasteiger partial charge on any atom is -0.497 e. The van der Waals surface area contributed by atoms with Gasteiger partial charge < -0.3 is 15.0 Å². The second-order valence-electron chi connectivity index (χ2n) is 9.21. The number of rotatable bonds is 6. The van der Waals surface area contributed by atoms with Gasteiger partial charge in [0.15, 0.2) is 0 Å². The van der Waals surface area contributed by atoms with Gasteiger partial charge in [0, 0.05) is 6.42 Å². The number of urea groups is 1. The van der Waals surface area contributed by atoms with Crippen LogP contribution in [0, 0.1) is 0 Å². The fourth-order valence-corrected chi connectivity index (χ4v) is 5.63. The van der Waals surface area contributed by atoms with Crippen molar-refractivity contribution >= 4 is 51.1 Å². The van der Waals surface area contributed by atoms with Gasteiger partial charge in [-0.15, -0.1) is 11.3 Å². The van der Waals surface area contributed by atoms with Crippen molar-refractivity contribution in [1.29, 1.82) is 0 Å². The van der Waals surface area contributed by atoms with E-state index in [4.69, 9.17) is 9.72 Å². The van der Waals surface area contributed by atoms with E-state index in [1.807, 2.05) is 32.0 Å². The first kappa shape index (κ1) is 24.6. The maximum absolute atomic E-state index is 13.0. The van der Waals surface area contributed by atoms with E-state index >= 15 is 0 Å². The molecule has 5 amide bonds. The fourth-order valence-electron chi connectivity index (χ4n) is 4.46. The molecule has 5 rings (SSSR count). The number of nitrogens with one attached hydrogen (secondary N) is 3. The van der Waals surface area contributed by atoms with E-state index in [0.717, 1.165) is 21.0 Å². The molecule has 0 radical (unpaired) electrons. The van der Waals surface area contributed by atoms with Gasteiger partial charge in [0.05, 0.1) is 40.7 Å². The number of imide groups is 1. The number of thiazole rings is 1. The van der Waals surface area contributed by atoms with Crippen LogP contribution in [0.2, 0.25) is 0 Å². The molecule has 1 saturated heterocycles. The highest BCUT2D eigenvalue weighted by atomic mass is 32.1. The molecule has 0 saturated carbocycles. The molecule has 11 nitrogen and oxygen atoms in total. The number of carbonyl (C=O) groups excluding carboxylic acids is 4. The number of amides is 5. The fraction of sp³-hybridized carbons (Fsp3) is 0.360. The van der Waals surface area contributed by atoms with Crippen molar-refractivity contribution in [2.24, 2.45) is 0 Å². The van der Waals surface area contributed by atoms with E-state index in [1.165, 1.54) is 16.2 Å². The Balaban J connectivity index is 1.29. The quantitative estimate of drug-likeness (QED) is 0.423. The van der Waals surface area contributed by atoms with Crippen LogP contribution in [-0.4, -0.2) is 51.8 Å². The molecule has 2 atom stereocenters. The number of hydrogen-bond donors (Lipinski definition) is 3. The highest BCUT2D eigenvalue weighted by Crippen LogP contribution is 2.34.